The van der Waals surface area contributed by atoms with Crippen molar-refractivity contribution in [2.45, 2.75) is 6.42 Å². The molecule has 0 aromatic carbocycles. The van der Waals surface area contributed by atoms with E-state index < -0.39 is 0 Å². The highest BCUT2D eigenvalue weighted by molar-refractivity contribution is 6.10. The SMILES string of the molecule is CN=C1CCN=C(c2cccnc2)N1. The summed E-state index contributed by atoms with van der Waals surface area (Å²) in [6, 6.07) is 3.88. The Morgan fingerprint density at radius 2 is 2.43 bits per heavy atom. The van der Waals surface area contributed by atoms with Gasteiger partial charge in [0.05, 0.1) is 0 Å². The number of aliphatic imine (C=N–C) groups is 2. The zero-order valence-corrected chi connectivity index (χ0v) is 8.07. The van der Waals surface area contributed by atoms with Crippen molar-refractivity contribution < 1.29 is 0 Å². The number of rotatable bonds is 1. The van der Waals surface area contributed by atoms with Crippen LogP contribution < -0.4 is 5.32 Å². The van der Waals surface area contributed by atoms with Gasteiger partial charge in [-0.2, -0.15) is 0 Å². The lowest BCUT2D eigenvalue weighted by Gasteiger charge is -2.16. The van der Waals surface area contributed by atoms with Gasteiger partial charge in [0.1, 0.15) is 11.7 Å². The van der Waals surface area contributed by atoms with Gasteiger partial charge in [-0.3, -0.25) is 15.0 Å². The number of amidine groups is 2. The fourth-order valence-electron chi connectivity index (χ4n) is 1.35. The van der Waals surface area contributed by atoms with Crippen LogP contribution >= 0.6 is 0 Å². The van der Waals surface area contributed by atoms with Gasteiger partial charge in [0.15, 0.2) is 0 Å². The minimum atomic E-state index is 0.796. The van der Waals surface area contributed by atoms with Crippen LogP contribution in [-0.4, -0.2) is 30.2 Å². The summed E-state index contributed by atoms with van der Waals surface area (Å²) in [5.74, 6) is 1.85. The highest BCUT2D eigenvalue weighted by Crippen LogP contribution is 2.02. The number of nitrogens with one attached hydrogen (secondary N) is 1. The third kappa shape index (κ3) is 1.79. The van der Waals surface area contributed by atoms with Gasteiger partial charge in [-0.05, 0) is 12.1 Å². The number of nitrogens with zero attached hydrogens (tertiary/aromatic N) is 3. The second-order valence-corrected chi connectivity index (χ2v) is 3.02. The Kier molecular flexibility index (Phi) is 2.53. The summed E-state index contributed by atoms with van der Waals surface area (Å²) in [5.41, 5.74) is 1.01. The van der Waals surface area contributed by atoms with E-state index in [0.29, 0.717) is 0 Å². The third-order valence-electron chi connectivity index (χ3n) is 2.09. The van der Waals surface area contributed by atoms with Crippen LogP contribution in [0.25, 0.3) is 0 Å². The summed E-state index contributed by atoms with van der Waals surface area (Å²) >= 11 is 0. The van der Waals surface area contributed by atoms with E-state index in [2.05, 4.69) is 20.3 Å². The highest BCUT2D eigenvalue weighted by atomic mass is 15.1. The molecular weight excluding hydrogens is 176 g/mol. The first-order valence-electron chi connectivity index (χ1n) is 4.57. The molecule has 2 heterocycles. The Morgan fingerprint density at radius 1 is 1.50 bits per heavy atom. The van der Waals surface area contributed by atoms with E-state index in [0.717, 1.165) is 30.2 Å². The molecule has 0 saturated heterocycles. The molecule has 0 aliphatic carbocycles. The minimum Gasteiger partial charge on any atom is -0.328 e. The van der Waals surface area contributed by atoms with E-state index in [1.54, 1.807) is 19.4 Å². The molecule has 2 rings (SSSR count). The maximum atomic E-state index is 4.38. The van der Waals surface area contributed by atoms with Crippen molar-refractivity contribution >= 4 is 11.7 Å². The van der Waals surface area contributed by atoms with E-state index in [4.69, 9.17) is 0 Å². The number of pyridine rings is 1. The summed E-state index contributed by atoms with van der Waals surface area (Å²) in [5, 5.41) is 3.18. The highest BCUT2D eigenvalue weighted by Gasteiger charge is 2.10. The lowest BCUT2D eigenvalue weighted by Crippen LogP contribution is -2.35. The molecule has 1 aliphatic rings. The van der Waals surface area contributed by atoms with Gasteiger partial charge < -0.3 is 5.32 Å². The van der Waals surface area contributed by atoms with Crippen LogP contribution in [-0.2, 0) is 0 Å². The predicted octanol–water partition coefficient (Wildman–Crippen LogP) is 0.850. The van der Waals surface area contributed by atoms with Crippen molar-refractivity contribution in [3.05, 3.63) is 30.1 Å². The van der Waals surface area contributed by atoms with Crippen LogP contribution in [0.5, 0.6) is 0 Å². The first-order chi connectivity index (χ1) is 6.90. The quantitative estimate of drug-likeness (QED) is 0.710. The van der Waals surface area contributed by atoms with Crippen molar-refractivity contribution in [3.8, 4) is 0 Å². The Labute approximate surface area is 82.8 Å². The topological polar surface area (TPSA) is 49.6 Å². The molecule has 1 aromatic heterocycles. The lowest BCUT2D eigenvalue weighted by molar-refractivity contribution is 0.955. The molecule has 0 saturated carbocycles. The van der Waals surface area contributed by atoms with E-state index in [9.17, 15) is 0 Å². The van der Waals surface area contributed by atoms with E-state index in [1.807, 2.05) is 12.1 Å². The van der Waals surface area contributed by atoms with Gasteiger partial charge in [-0.25, -0.2) is 0 Å². The van der Waals surface area contributed by atoms with Crippen molar-refractivity contribution in [2.75, 3.05) is 13.6 Å². The first kappa shape index (κ1) is 8.87. The monoisotopic (exact) mass is 188 g/mol. The van der Waals surface area contributed by atoms with Crippen LogP contribution in [0.2, 0.25) is 0 Å². The van der Waals surface area contributed by atoms with Crippen molar-refractivity contribution in [3.63, 3.8) is 0 Å². The van der Waals surface area contributed by atoms with Crippen LogP contribution in [0.4, 0.5) is 0 Å². The van der Waals surface area contributed by atoms with Crippen molar-refractivity contribution in [2.24, 2.45) is 9.98 Å². The lowest BCUT2D eigenvalue weighted by atomic mass is 10.2. The minimum absolute atomic E-state index is 0.796. The molecular formula is C10H12N4. The largest absolute Gasteiger partial charge is 0.328 e. The molecule has 0 unspecified atom stereocenters. The molecule has 0 bridgehead atoms. The Morgan fingerprint density at radius 3 is 3.14 bits per heavy atom. The summed E-state index contributed by atoms with van der Waals surface area (Å²) in [7, 11) is 1.79. The fourth-order valence-corrected chi connectivity index (χ4v) is 1.35. The van der Waals surface area contributed by atoms with Crippen molar-refractivity contribution in [1.82, 2.24) is 10.3 Å². The first-order valence-corrected chi connectivity index (χ1v) is 4.57. The molecule has 1 N–H and O–H groups in total. The molecule has 0 radical (unpaired) electrons. The maximum absolute atomic E-state index is 4.38. The molecule has 1 aliphatic heterocycles. The van der Waals surface area contributed by atoms with E-state index in [1.165, 1.54) is 0 Å². The Hall–Kier alpha value is -1.71. The summed E-state index contributed by atoms with van der Waals surface area (Å²) in [4.78, 5) is 12.6. The van der Waals surface area contributed by atoms with Crippen LogP contribution in [0, 0.1) is 0 Å². The molecule has 4 nitrogen and oxygen atoms in total. The number of hydrogen-bond acceptors (Lipinski definition) is 3. The normalized spacial score (nSPS) is 18.9. The molecule has 14 heavy (non-hydrogen) atoms. The second-order valence-electron chi connectivity index (χ2n) is 3.02. The number of aromatic nitrogens is 1. The molecule has 1 aromatic rings. The van der Waals surface area contributed by atoms with Gasteiger partial charge in [0.25, 0.3) is 0 Å². The summed E-state index contributed by atoms with van der Waals surface area (Å²) < 4.78 is 0. The van der Waals surface area contributed by atoms with Gasteiger partial charge in [0.2, 0.25) is 0 Å². The molecule has 0 fully saturated rings. The van der Waals surface area contributed by atoms with Gasteiger partial charge in [-0.1, -0.05) is 0 Å². The number of hydrogen-bond donors (Lipinski definition) is 1. The van der Waals surface area contributed by atoms with Crippen molar-refractivity contribution in [1.29, 1.82) is 0 Å². The van der Waals surface area contributed by atoms with E-state index >= 15 is 0 Å². The molecule has 0 atom stereocenters. The average Bonchev–Trinajstić information content (AvgIpc) is 2.30. The summed E-state index contributed by atoms with van der Waals surface area (Å²) in [6.45, 7) is 0.796. The summed E-state index contributed by atoms with van der Waals surface area (Å²) in [6.07, 6.45) is 4.44. The molecule has 72 valence electrons. The van der Waals surface area contributed by atoms with E-state index in [-0.39, 0.29) is 0 Å². The van der Waals surface area contributed by atoms with Crippen LogP contribution in [0.3, 0.4) is 0 Å². The van der Waals surface area contributed by atoms with Crippen LogP contribution in [0.15, 0.2) is 34.5 Å². The van der Waals surface area contributed by atoms with Gasteiger partial charge >= 0.3 is 0 Å². The van der Waals surface area contributed by atoms with Gasteiger partial charge in [-0.15, -0.1) is 0 Å². The smallest absolute Gasteiger partial charge is 0.135 e. The average molecular weight is 188 g/mol. The zero-order chi connectivity index (χ0) is 9.80. The fraction of sp³-hybridized carbons (Fsp3) is 0.300. The molecule has 0 amide bonds. The van der Waals surface area contributed by atoms with Crippen LogP contribution in [0.1, 0.15) is 12.0 Å². The predicted molar refractivity (Wildman–Crippen MR) is 56.8 cm³/mol. The molecule has 0 spiro atoms. The van der Waals surface area contributed by atoms with Gasteiger partial charge in [0, 0.05) is 38.0 Å². The Bertz CT molecular complexity index is 367. The third-order valence-corrected chi connectivity index (χ3v) is 2.09. The molecule has 4 heteroatoms. The maximum Gasteiger partial charge on any atom is 0.135 e. The Balaban J connectivity index is 2.24. The zero-order valence-electron chi connectivity index (χ0n) is 8.07. The standard InChI is InChI=1S/C10H12N4/c1-11-9-4-6-13-10(14-9)8-3-2-5-12-7-8/h2-3,5,7H,4,6H2,1H3,(H,11,13,14). The second kappa shape index (κ2) is 4.00.